The molecule has 5 rings (SSSR count). The van der Waals surface area contributed by atoms with Gasteiger partial charge in [-0.2, -0.15) is 5.26 Å². The lowest BCUT2D eigenvalue weighted by Crippen LogP contribution is -2.61. The first-order valence-electron chi connectivity index (χ1n) is 11.2. The molecule has 8 heteroatoms. The number of aryl methyl sites for hydroxylation is 1. The molecule has 0 aliphatic carbocycles. The van der Waals surface area contributed by atoms with Gasteiger partial charge in [0.1, 0.15) is 11.6 Å². The molecule has 4 aromatic rings. The fraction of sp³-hybridized carbons (Fsp3) is 0.440. The van der Waals surface area contributed by atoms with Gasteiger partial charge in [0.25, 0.3) is 0 Å². The van der Waals surface area contributed by atoms with Crippen molar-refractivity contribution in [3.05, 3.63) is 42.0 Å². The fourth-order valence-corrected chi connectivity index (χ4v) is 6.28. The van der Waals surface area contributed by atoms with Crippen LogP contribution in [0.15, 0.2) is 30.7 Å². The first-order valence-corrected chi connectivity index (χ1v) is 12.0. The minimum Gasteiger partial charge on any atom is -0.348 e. The molecule has 1 aliphatic heterocycles. The van der Waals surface area contributed by atoms with Crippen LogP contribution >= 0.6 is 11.3 Å². The van der Waals surface area contributed by atoms with Crippen LogP contribution in [0.1, 0.15) is 51.8 Å². The van der Waals surface area contributed by atoms with Crippen molar-refractivity contribution in [3.8, 4) is 17.3 Å². The van der Waals surface area contributed by atoms with E-state index >= 15 is 0 Å². The first-order chi connectivity index (χ1) is 15.5. The molecule has 0 radical (unpaired) electrons. The predicted octanol–water partition coefficient (Wildman–Crippen LogP) is 4.93. The van der Waals surface area contributed by atoms with Crippen molar-refractivity contribution in [1.82, 2.24) is 24.7 Å². The number of nitriles is 1. The Hall–Kier alpha value is -3.02. The van der Waals surface area contributed by atoms with Crippen LogP contribution in [0.2, 0.25) is 0 Å². The van der Waals surface area contributed by atoms with Gasteiger partial charge in [-0.15, -0.1) is 0 Å². The summed E-state index contributed by atoms with van der Waals surface area (Å²) in [7, 11) is 2.16. The van der Waals surface area contributed by atoms with Crippen LogP contribution < -0.4 is 10.2 Å². The third kappa shape index (κ3) is 4.07. The molecule has 5 heterocycles. The van der Waals surface area contributed by atoms with Crippen LogP contribution in [-0.4, -0.2) is 43.5 Å². The minimum atomic E-state index is 0.0782. The topological polar surface area (TPSA) is 82.1 Å². The quantitative estimate of drug-likeness (QED) is 0.468. The molecule has 4 aromatic heterocycles. The fourth-order valence-electron chi connectivity index (χ4n) is 5.27. The van der Waals surface area contributed by atoms with E-state index in [9.17, 15) is 5.26 Å². The van der Waals surface area contributed by atoms with Crippen LogP contribution in [0.3, 0.4) is 0 Å². The number of anilines is 1. The highest BCUT2D eigenvalue weighted by molar-refractivity contribution is 7.22. The van der Waals surface area contributed by atoms with Gasteiger partial charge in [0.05, 0.1) is 27.8 Å². The smallest absolute Gasteiger partial charge is 0.186 e. The Morgan fingerprint density at radius 2 is 1.88 bits per heavy atom. The highest BCUT2D eigenvalue weighted by Gasteiger charge is 2.39. The molecule has 170 valence electrons. The monoisotopic (exact) mass is 459 g/mol. The van der Waals surface area contributed by atoms with Crippen molar-refractivity contribution in [2.45, 2.75) is 64.6 Å². The summed E-state index contributed by atoms with van der Waals surface area (Å²) in [6.45, 7) is 11.0. The van der Waals surface area contributed by atoms with Crippen molar-refractivity contribution in [1.29, 1.82) is 5.26 Å². The van der Waals surface area contributed by atoms with E-state index in [2.05, 4.69) is 67.1 Å². The molecule has 0 spiro atoms. The lowest BCUT2D eigenvalue weighted by atomic mass is 9.79. The minimum absolute atomic E-state index is 0.0782. The van der Waals surface area contributed by atoms with E-state index in [1.165, 1.54) is 0 Å². The molecule has 0 saturated carbocycles. The Morgan fingerprint density at radius 1 is 1.15 bits per heavy atom. The number of thiazole rings is 1. The molecule has 1 N–H and O–H groups in total. The summed E-state index contributed by atoms with van der Waals surface area (Å²) in [5, 5.41) is 14.4. The summed E-state index contributed by atoms with van der Waals surface area (Å²) in [6, 6.07) is 6.62. The number of imidazole rings is 1. The number of nitrogens with zero attached hydrogens (tertiary/aromatic N) is 6. The number of fused-ring (bicyclic) bond motifs is 2. The zero-order valence-electron chi connectivity index (χ0n) is 20.0. The molecule has 33 heavy (non-hydrogen) atoms. The summed E-state index contributed by atoms with van der Waals surface area (Å²) in [5.41, 5.74) is 4.88. The average molecular weight is 460 g/mol. The van der Waals surface area contributed by atoms with Crippen molar-refractivity contribution in [2.75, 3.05) is 11.9 Å². The number of pyridine rings is 2. The number of hydrogen-bond acceptors (Lipinski definition) is 7. The summed E-state index contributed by atoms with van der Waals surface area (Å²) < 4.78 is 3.00. The van der Waals surface area contributed by atoms with E-state index in [-0.39, 0.29) is 11.1 Å². The molecule has 0 bridgehead atoms. The van der Waals surface area contributed by atoms with Gasteiger partial charge in [-0.1, -0.05) is 11.3 Å². The number of rotatable bonds is 3. The lowest BCUT2D eigenvalue weighted by molar-refractivity contribution is 0.161. The third-order valence-corrected chi connectivity index (χ3v) is 7.48. The Labute approximate surface area is 198 Å². The van der Waals surface area contributed by atoms with Gasteiger partial charge in [0, 0.05) is 42.1 Å². The maximum Gasteiger partial charge on any atom is 0.186 e. The molecular weight excluding hydrogens is 430 g/mol. The van der Waals surface area contributed by atoms with Gasteiger partial charge in [0.15, 0.2) is 10.8 Å². The Balaban J connectivity index is 1.50. The molecule has 1 saturated heterocycles. The van der Waals surface area contributed by atoms with Crippen LogP contribution in [-0.2, 0) is 0 Å². The standard InChI is InChI=1S/C25H29N7S/c1-15-13-32-14-17(7-16(11-26)22(32)28-15)19-8-21-20(12-27-19)29-23(33-21)31(6)18-9-24(2,3)30-25(4,5)10-18/h7-8,12-14,18,30H,9-10H2,1-6H3. The first kappa shape index (κ1) is 21.8. The highest BCUT2D eigenvalue weighted by Crippen LogP contribution is 2.37. The normalized spacial score (nSPS) is 18.0. The van der Waals surface area contributed by atoms with E-state index in [0.717, 1.165) is 45.1 Å². The molecule has 0 amide bonds. The van der Waals surface area contributed by atoms with E-state index in [4.69, 9.17) is 4.98 Å². The average Bonchev–Trinajstić information content (AvgIpc) is 3.31. The van der Waals surface area contributed by atoms with Crippen LogP contribution in [0, 0.1) is 18.3 Å². The van der Waals surface area contributed by atoms with E-state index < -0.39 is 0 Å². The van der Waals surface area contributed by atoms with Gasteiger partial charge in [-0.25, -0.2) is 9.97 Å². The maximum absolute atomic E-state index is 9.61. The molecular formula is C25H29N7S. The Bertz CT molecular complexity index is 1390. The molecule has 1 aliphatic rings. The van der Waals surface area contributed by atoms with Gasteiger partial charge in [-0.3, -0.25) is 4.98 Å². The van der Waals surface area contributed by atoms with Crippen LogP contribution in [0.25, 0.3) is 27.1 Å². The van der Waals surface area contributed by atoms with Crippen molar-refractivity contribution in [3.63, 3.8) is 0 Å². The molecule has 7 nitrogen and oxygen atoms in total. The summed E-state index contributed by atoms with van der Waals surface area (Å²) >= 11 is 1.70. The predicted molar refractivity (Wildman–Crippen MR) is 134 cm³/mol. The van der Waals surface area contributed by atoms with Crippen molar-refractivity contribution in [2.24, 2.45) is 0 Å². The lowest BCUT2D eigenvalue weighted by Gasteiger charge is -2.48. The van der Waals surface area contributed by atoms with Crippen molar-refractivity contribution < 1.29 is 0 Å². The zero-order chi connectivity index (χ0) is 23.5. The summed E-state index contributed by atoms with van der Waals surface area (Å²) in [6.07, 6.45) is 7.88. The zero-order valence-corrected chi connectivity index (χ0v) is 20.8. The maximum atomic E-state index is 9.61. The molecule has 0 aromatic carbocycles. The number of nitrogens with one attached hydrogen (secondary N) is 1. The number of piperidine rings is 1. The second-order valence-electron chi connectivity index (χ2n) is 10.5. The van der Waals surface area contributed by atoms with Gasteiger partial charge in [0.2, 0.25) is 0 Å². The van der Waals surface area contributed by atoms with E-state index in [1.54, 1.807) is 11.3 Å². The molecule has 1 fully saturated rings. The third-order valence-electron chi connectivity index (χ3n) is 6.37. The SMILES string of the molecule is Cc1cn2cc(-c3cc4sc(N(C)C5CC(C)(C)NC(C)(C)C5)nc4cn3)cc(C#N)c2n1. The van der Waals surface area contributed by atoms with Crippen LogP contribution in [0.4, 0.5) is 5.13 Å². The second kappa shape index (κ2) is 7.51. The van der Waals surface area contributed by atoms with Gasteiger partial charge >= 0.3 is 0 Å². The van der Waals surface area contributed by atoms with Crippen molar-refractivity contribution >= 4 is 32.3 Å². The van der Waals surface area contributed by atoms with Gasteiger partial charge in [-0.05, 0) is 59.6 Å². The summed E-state index contributed by atoms with van der Waals surface area (Å²) in [5.74, 6) is 0. The van der Waals surface area contributed by atoms with Crippen LogP contribution in [0.5, 0.6) is 0 Å². The Morgan fingerprint density at radius 3 is 2.58 bits per heavy atom. The van der Waals surface area contributed by atoms with E-state index in [1.807, 2.05) is 36.0 Å². The largest absolute Gasteiger partial charge is 0.348 e. The van der Waals surface area contributed by atoms with E-state index in [0.29, 0.717) is 17.3 Å². The Kier molecular flexibility index (Phi) is 4.96. The van der Waals surface area contributed by atoms with Gasteiger partial charge < -0.3 is 14.6 Å². The second-order valence-corrected chi connectivity index (χ2v) is 11.5. The molecule has 0 unspecified atom stereocenters. The molecule has 0 atom stereocenters. The highest BCUT2D eigenvalue weighted by atomic mass is 32.1. The summed E-state index contributed by atoms with van der Waals surface area (Å²) in [4.78, 5) is 16.4. The number of hydrogen-bond donors (Lipinski definition) is 1. The number of aromatic nitrogens is 4.